The fourth-order valence-electron chi connectivity index (χ4n) is 0.749. The summed E-state index contributed by atoms with van der Waals surface area (Å²) < 4.78 is 1.00. The Morgan fingerprint density at radius 3 is 1.53 bits per heavy atom. The molecule has 94 valence electrons. The van der Waals surface area contributed by atoms with Crippen LogP contribution >= 0.6 is 0 Å². The highest BCUT2D eigenvalue weighted by Gasteiger charge is 2.01. The summed E-state index contributed by atoms with van der Waals surface area (Å²) in [5, 5.41) is 18.7. The molecule has 0 aromatic heterocycles. The number of nitrogens with zero attached hydrogens (tertiary/aromatic N) is 1. The van der Waals surface area contributed by atoms with Crippen molar-refractivity contribution in [2.75, 3.05) is 28.2 Å². The topological polar surface area (TPSA) is 77.4 Å². The first-order valence-electron chi connectivity index (χ1n) is 4.95. The largest absolute Gasteiger partial charge is 0.545 e. The van der Waals surface area contributed by atoms with Crippen molar-refractivity contribution in [1.82, 2.24) is 0 Å². The van der Waals surface area contributed by atoms with E-state index in [1.807, 2.05) is 0 Å². The lowest BCUT2D eigenvalue weighted by Gasteiger charge is -2.14. The van der Waals surface area contributed by atoms with Gasteiger partial charge in [-0.2, -0.15) is 0 Å². The van der Waals surface area contributed by atoms with Crippen molar-refractivity contribution >= 4 is 11.9 Å². The number of hydrogen-bond donors (Lipinski definition) is 1. The zero-order chi connectivity index (χ0) is 13.6. The second-order valence-corrected chi connectivity index (χ2v) is 4.85. The van der Waals surface area contributed by atoms with E-state index in [4.69, 9.17) is 5.11 Å². The number of quaternary nitrogens is 1. The smallest absolute Gasteiger partial charge is 0.335 e. The molecular weight excluding hydrogens is 222 g/mol. The molecule has 0 bridgehead atoms. The van der Waals surface area contributed by atoms with Crippen molar-refractivity contribution in [2.24, 2.45) is 0 Å². The molecule has 0 saturated heterocycles. The van der Waals surface area contributed by atoms with Crippen LogP contribution in [0.4, 0.5) is 0 Å². The first-order chi connectivity index (χ1) is 7.61. The molecule has 0 atom stereocenters. The molecular formula is C12H17NO4. The normalized spacial score (nSPS) is 10.1. The van der Waals surface area contributed by atoms with Gasteiger partial charge in [-0.25, -0.2) is 4.79 Å². The maximum Gasteiger partial charge on any atom is 0.335 e. The molecule has 1 aromatic rings. The quantitative estimate of drug-likeness (QED) is 0.741. The minimum absolute atomic E-state index is 0.0278. The minimum atomic E-state index is -1.31. The Hall–Kier alpha value is -1.88. The summed E-state index contributed by atoms with van der Waals surface area (Å²) in [5.41, 5.74) is 0.0278. The Bertz CT molecular complexity index is 351. The number of aromatic carboxylic acids is 2. The lowest BCUT2D eigenvalue weighted by atomic mass is 10.1. The molecule has 0 fully saturated rings. The molecule has 0 aliphatic carbocycles. The standard InChI is InChI=1S/C8H6O4.C4H12N/c9-7(10)5-1-2-6(4-3-5)8(11)12;1-5(2,3)4/h1-4H,(H,9,10)(H,11,12);1-4H3/q;+1/p-1. The molecule has 1 rings (SSSR count). The number of carbonyl (C=O) groups excluding carboxylic acids is 1. The van der Waals surface area contributed by atoms with Crippen LogP contribution in [0.25, 0.3) is 0 Å². The van der Waals surface area contributed by atoms with E-state index in [-0.39, 0.29) is 11.1 Å². The second-order valence-electron chi connectivity index (χ2n) is 4.85. The number of benzene rings is 1. The number of carboxylic acids is 2. The predicted molar refractivity (Wildman–Crippen MR) is 61.7 cm³/mol. The monoisotopic (exact) mass is 239 g/mol. The first kappa shape index (κ1) is 15.1. The van der Waals surface area contributed by atoms with E-state index in [9.17, 15) is 14.7 Å². The van der Waals surface area contributed by atoms with E-state index in [0.717, 1.165) is 4.48 Å². The predicted octanol–water partition coefficient (Wildman–Crippen LogP) is 0.0707. The van der Waals surface area contributed by atoms with E-state index in [0.29, 0.717) is 0 Å². The highest BCUT2D eigenvalue weighted by Crippen LogP contribution is 2.02. The van der Waals surface area contributed by atoms with Crippen LogP contribution in [0.5, 0.6) is 0 Å². The Kier molecular flexibility index (Phi) is 5.34. The van der Waals surface area contributed by atoms with Gasteiger partial charge in [-0.3, -0.25) is 0 Å². The molecule has 0 heterocycles. The molecule has 0 unspecified atom stereocenters. The molecule has 5 nitrogen and oxygen atoms in total. The van der Waals surface area contributed by atoms with E-state index in [1.54, 1.807) is 0 Å². The van der Waals surface area contributed by atoms with Gasteiger partial charge in [0.1, 0.15) is 0 Å². The van der Waals surface area contributed by atoms with Crippen LogP contribution in [0.3, 0.4) is 0 Å². The van der Waals surface area contributed by atoms with Gasteiger partial charge in [0.05, 0.1) is 39.7 Å². The molecule has 5 heteroatoms. The minimum Gasteiger partial charge on any atom is -0.545 e. The number of carbonyl (C=O) groups is 2. The lowest BCUT2D eigenvalue weighted by Crippen LogP contribution is -2.27. The van der Waals surface area contributed by atoms with Crippen LogP contribution in [0.15, 0.2) is 24.3 Å². The molecule has 0 aliphatic rings. The van der Waals surface area contributed by atoms with E-state index in [1.165, 1.54) is 24.3 Å². The third kappa shape index (κ3) is 7.98. The number of hydrogen-bond acceptors (Lipinski definition) is 3. The van der Waals surface area contributed by atoms with E-state index in [2.05, 4.69) is 28.2 Å². The first-order valence-corrected chi connectivity index (χ1v) is 4.95. The van der Waals surface area contributed by atoms with Crippen LogP contribution in [0, 0.1) is 0 Å². The fourth-order valence-corrected chi connectivity index (χ4v) is 0.749. The zero-order valence-corrected chi connectivity index (χ0v) is 10.4. The van der Waals surface area contributed by atoms with Gasteiger partial charge in [0.25, 0.3) is 0 Å². The fraction of sp³-hybridized carbons (Fsp3) is 0.333. The van der Waals surface area contributed by atoms with Crippen molar-refractivity contribution in [2.45, 2.75) is 0 Å². The summed E-state index contributed by atoms with van der Waals surface area (Å²) in [5.74, 6) is -2.40. The Morgan fingerprint density at radius 2 is 1.29 bits per heavy atom. The number of rotatable bonds is 2. The van der Waals surface area contributed by atoms with E-state index < -0.39 is 11.9 Å². The van der Waals surface area contributed by atoms with E-state index >= 15 is 0 Å². The van der Waals surface area contributed by atoms with Crippen LogP contribution in [-0.2, 0) is 0 Å². The molecule has 0 amide bonds. The molecule has 0 spiro atoms. The van der Waals surface area contributed by atoms with Gasteiger partial charge in [0.15, 0.2) is 0 Å². The Labute approximate surface area is 101 Å². The average molecular weight is 239 g/mol. The van der Waals surface area contributed by atoms with Crippen LogP contribution in [0.2, 0.25) is 0 Å². The zero-order valence-electron chi connectivity index (χ0n) is 10.4. The Morgan fingerprint density at radius 1 is 1.00 bits per heavy atom. The maximum atomic E-state index is 10.3. The van der Waals surface area contributed by atoms with Gasteiger partial charge in [0, 0.05) is 0 Å². The summed E-state index contributed by atoms with van der Waals surface area (Å²) >= 11 is 0. The summed E-state index contributed by atoms with van der Waals surface area (Å²) in [6.45, 7) is 0. The summed E-state index contributed by atoms with van der Waals surface area (Å²) in [6.07, 6.45) is 0. The molecule has 17 heavy (non-hydrogen) atoms. The van der Waals surface area contributed by atoms with Crippen LogP contribution in [-0.4, -0.2) is 49.7 Å². The SMILES string of the molecule is C[N+](C)(C)C.O=C([O-])c1ccc(C(=O)O)cc1. The van der Waals surface area contributed by atoms with Gasteiger partial charge in [-0.1, -0.05) is 12.1 Å². The van der Waals surface area contributed by atoms with Crippen molar-refractivity contribution in [3.8, 4) is 0 Å². The van der Waals surface area contributed by atoms with Gasteiger partial charge >= 0.3 is 5.97 Å². The number of carboxylic acid groups (broad SMARTS) is 2. The molecule has 1 N–H and O–H groups in total. The maximum absolute atomic E-state index is 10.3. The Balaban J connectivity index is 0.000000437. The molecule has 0 saturated carbocycles. The summed E-state index contributed by atoms with van der Waals surface area (Å²) in [4.78, 5) is 20.5. The van der Waals surface area contributed by atoms with Crippen molar-refractivity contribution in [3.05, 3.63) is 35.4 Å². The summed E-state index contributed by atoms with van der Waals surface area (Å²) in [7, 11) is 8.50. The highest BCUT2D eigenvalue weighted by atomic mass is 16.4. The van der Waals surface area contributed by atoms with Gasteiger partial charge in [-0.05, 0) is 17.7 Å². The summed E-state index contributed by atoms with van der Waals surface area (Å²) in [6, 6.07) is 4.82. The third-order valence-corrected chi connectivity index (χ3v) is 1.37. The van der Waals surface area contributed by atoms with Gasteiger partial charge < -0.3 is 19.5 Å². The second kappa shape index (κ2) is 6.00. The highest BCUT2D eigenvalue weighted by molar-refractivity contribution is 5.90. The lowest BCUT2D eigenvalue weighted by molar-refractivity contribution is -0.849. The van der Waals surface area contributed by atoms with Crippen molar-refractivity contribution in [3.63, 3.8) is 0 Å². The molecule has 0 aliphatic heterocycles. The van der Waals surface area contributed by atoms with Gasteiger partial charge in [-0.15, -0.1) is 0 Å². The third-order valence-electron chi connectivity index (χ3n) is 1.37. The van der Waals surface area contributed by atoms with Gasteiger partial charge in [0.2, 0.25) is 0 Å². The van der Waals surface area contributed by atoms with Crippen LogP contribution in [0.1, 0.15) is 20.7 Å². The average Bonchev–Trinajstić information content (AvgIpc) is 2.15. The van der Waals surface area contributed by atoms with Crippen molar-refractivity contribution < 1.29 is 24.3 Å². The van der Waals surface area contributed by atoms with Crippen molar-refractivity contribution in [1.29, 1.82) is 0 Å². The van der Waals surface area contributed by atoms with Crippen LogP contribution < -0.4 is 5.11 Å². The molecule has 1 aromatic carbocycles. The molecule has 0 radical (unpaired) electrons.